The SMILES string of the molecule is O=C(NCc1ccc(F)cc1)c1ccc(CN2CCCCC2)cc1. The summed E-state index contributed by atoms with van der Waals surface area (Å²) in [6.07, 6.45) is 3.90. The second kappa shape index (κ2) is 8.06. The molecule has 0 saturated carbocycles. The lowest BCUT2D eigenvalue weighted by Crippen LogP contribution is -2.29. The van der Waals surface area contributed by atoms with Gasteiger partial charge < -0.3 is 5.32 Å². The van der Waals surface area contributed by atoms with Crippen LogP contribution in [0.4, 0.5) is 4.39 Å². The first-order valence-corrected chi connectivity index (χ1v) is 8.55. The van der Waals surface area contributed by atoms with E-state index in [-0.39, 0.29) is 11.7 Å². The van der Waals surface area contributed by atoms with Crippen LogP contribution in [0.2, 0.25) is 0 Å². The predicted molar refractivity (Wildman–Crippen MR) is 93.1 cm³/mol. The van der Waals surface area contributed by atoms with Crippen LogP contribution in [-0.4, -0.2) is 23.9 Å². The Balaban J connectivity index is 1.52. The van der Waals surface area contributed by atoms with E-state index in [2.05, 4.69) is 10.2 Å². The zero-order chi connectivity index (χ0) is 16.8. The van der Waals surface area contributed by atoms with Crippen LogP contribution in [0.5, 0.6) is 0 Å². The van der Waals surface area contributed by atoms with Gasteiger partial charge in [0.1, 0.15) is 5.82 Å². The maximum atomic E-state index is 12.9. The monoisotopic (exact) mass is 326 g/mol. The summed E-state index contributed by atoms with van der Waals surface area (Å²) in [5.41, 5.74) is 2.78. The number of rotatable bonds is 5. The highest BCUT2D eigenvalue weighted by Gasteiger charge is 2.11. The second-order valence-electron chi connectivity index (χ2n) is 6.34. The van der Waals surface area contributed by atoms with Crippen molar-refractivity contribution in [3.05, 3.63) is 71.0 Å². The number of piperidine rings is 1. The molecule has 0 unspecified atom stereocenters. The smallest absolute Gasteiger partial charge is 0.251 e. The number of hydrogen-bond acceptors (Lipinski definition) is 2. The Labute approximate surface area is 142 Å². The first-order chi connectivity index (χ1) is 11.7. The van der Waals surface area contributed by atoms with E-state index in [0.717, 1.165) is 12.1 Å². The van der Waals surface area contributed by atoms with E-state index < -0.39 is 0 Å². The lowest BCUT2D eigenvalue weighted by atomic mass is 10.1. The van der Waals surface area contributed by atoms with E-state index in [1.807, 2.05) is 24.3 Å². The molecule has 2 aromatic rings. The zero-order valence-corrected chi connectivity index (χ0v) is 13.8. The van der Waals surface area contributed by atoms with Crippen LogP contribution in [0.25, 0.3) is 0 Å². The van der Waals surface area contributed by atoms with Crippen molar-refractivity contribution in [1.82, 2.24) is 10.2 Å². The number of nitrogens with one attached hydrogen (secondary N) is 1. The minimum Gasteiger partial charge on any atom is -0.348 e. The van der Waals surface area contributed by atoms with E-state index in [0.29, 0.717) is 12.1 Å². The number of carbonyl (C=O) groups excluding carboxylic acids is 1. The van der Waals surface area contributed by atoms with Gasteiger partial charge in [-0.1, -0.05) is 30.7 Å². The molecule has 1 aliphatic heterocycles. The van der Waals surface area contributed by atoms with Gasteiger partial charge in [0, 0.05) is 18.7 Å². The van der Waals surface area contributed by atoms with Crippen LogP contribution in [-0.2, 0) is 13.1 Å². The van der Waals surface area contributed by atoms with Gasteiger partial charge >= 0.3 is 0 Å². The lowest BCUT2D eigenvalue weighted by Gasteiger charge is -2.26. The van der Waals surface area contributed by atoms with Gasteiger partial charge in [0.25, 0.3) is 5.91 Å². The third kappa shape index (κ3) is 4.65. The molecule has 1 fully saturated rings. The molecule has 0 aromatic heterocycles. The van der Waals surface area contributed by atoms with Gasteiger partial charge in [-0.05, 0) is 61.3 Å². The predicted octanol–water partition coefficient (Wildman–Crippen LogP) is 3.74. The molecule has 1 heterocycles. The quantitative estimate of drug-likeness (QED) is 0.908. The Bertz CT molecular complexity index is 661. The average molecular weight is 326 g/mol. The number of amides is 1. The van der Waals surface area contributed by atoms with Crippen molar-refractivity contribution in [2.24, 2.45) is 0 Å². The van der Waals surface area contributed by atoms with Crippen molar-refractivity contribution in [1.29, 1.82) is 0 Å². The third-order valence-electron chi connectivity index (χ3n) is 4.44. The van der Waals surface area contributed by atoms with Crippen LogP contribution in [0.15, 0.2) is 48.5 Å². The Kier molecular flexibility index (Phi) is 5.59. The summed E-state index contributed by atoms with van der Waals surface area (Å²) in [7, 11) is 0. The molecule has 4 heteroatoms. The standard InChI is InChI=1S/C20H23FN2O/c21-19-10-6-16(7-11-19)14-22-20(24)18-8-4-17(5-9-18)15-23-12-2-1-3-13-23/h4-11H,1-3,12-15H2,(H,22,24). The molecule has 1 N–H and O–H groups in total. The van der Waals surface area contributed by atoms with E-state index in [9.17, 15) is 9.18 Å². The number of likely N-dealkylation sites (tertiary alicyclic amines) is 1. The van der Waals surface area contributed by atoms with Crippen LogP contribution in [0, 0.1) is 5.82 Å². The molecule has 0 aliphatic carbocycles. The lowest BCUT2D eigenvalue weighted by molar-refractivity contribution is 0.0951. The van der Waals surface area contributed by atoms with Crippen molar-refractivity contribution in [3.8, 4) is 0 Å². The summed E-state index contributed by atoms with van der Waals surface area (Å²) in [6, 6.07) is 14.0. The first-order valence-electron chi connectivity index (χ1n) is 8.55. The molecule has 1 amide bonds. The van der Waals surface area contributed by atoms with Crippen molar-refractivity contribution in [2.45, 2.75) is 32.4 Å². The zero-order valence-electron chi connectivity index (χ0n) is 13.8. The van der Waals surface area contributed by atoms with Gasteiger partial charge in [-0.15, -0.1) is 0 Å². The van der Waals surface area contributed by atoms with E-state index >= 15 is 0 Å². The Morgan fingerprint density at radius 1 is 0.917 bits per heavy atom. The Hall–Kier alpha value is -2.20. The summed E-state index contributed by atoms with van der Waals surface area (Å²) in [4.78, 5) is 14.7. The minimum absolute atomic E-state index is 0.108. The third-order valence-corrected chi connectivity index (χ3v) is 4.44. The molecular weight excluding hydrogens is 303 g/mol. The Morgan fingerprint density at radius 3 is 2.21 bits per heavy atom. The van der Waals surface area contributed by atoms with Crippen LogP contribution in [0.1, 0.15) is 40.7 Å². The molecule has 0 radical (unpaired) electrons. The summed E-state index contributed by atoms with van der Waals surface area (Å²) >= 11 is 0. The summed E-state index contributed by atoms with van der Waals surface area (Å²) in [6.45, 7) is 3.69. The second-order valence-corrected chi connectivity index (χ2v) is 6.34. The van der Waals surface area contributed by atoms with Crippen molar-refractivity contribution in [2.75, 3.05) is 13.1 Å². The van der Waals surface area contributed by atoms with E-state index in [1.54, 1.807) is 12.1 Å². The minimum atomic E-state index is -0.269. The van der Waals surface area contributed by atoms with Crippen molar-refractivity contribution in [3.63, 3.8) is 0 Å². The maximum absolute atomic E-state index is 12.9. The number of carbonyl (C=O) groups is 1. The van der Waals surface area contributed by atoms with Gasteiger partial charge in [-0.2, -0.15) is 0 Å². The number of hydrogen-bond donors (Lipinski definition) is 1. The van der Waals surface area contributed by atoms with Crippen LogP contribution in [0.3, 0.4) is 0 Å². The van der Waals surface area contributed by atoms with E-state index in [1.165, 1.54) is 50.0 Å². The molecule has 2 aromatic carbocycles. The van der Waals surface area contributed by atoms with Gasteiger partial charge in [-0.3, -0.25) is 9.69 Å². The molecule has 24 heavy (non-hydrogen) atoms. The molecular formula is C20H23FN2O. The number of nitrogens with zero attached hydrogens (tertiary/aromatic N) is 1. The maximum Gasteiger partial charge on any atom is 0.251 e. The van der Waals surface area contributed by atoms with Crippen LogP contribution >= 0.6 is 0 Å². The molecule has 0 atom stereocenters. The molecule has 1 aliphatic rings. The fraction of sp³-hybridized carbons (Fsp3) is 0.350. The summed E-state index contributed by atoms with van der Waals surface area (Å²) < 4.78 is 12.9. The first kappa shape index (κ1) is 16.7. The average Bonchev–Trinajstić information content (AvgIpc) is 2.62. The highest BCUT2D eigenvalue weighted by molar-refractivity contribution is 5.94. The molecule has 3 rings (SSSR count). The van der Waals surface area contributed by atoms with Gasteiger partial charge in [-0.25, -0.2) is 4.39 Å². The Morgan fingerprint density at radius 2 is 1.54 bits per heavy atom. The van der Waals surface area contributed by atoms with E-state index in [4.69, 9.17) is 0 Å². The fourth-order valence-corrected chi connectivity index (χ4v) is 3.02. The molecule has 0 spiro atoms. The summed E-state index contributed by atoms with van der Waals surface area (Å²) in [5, 5.41) is 2.86. The number of benzene rings is 2. The molecule has 3 nitrogen and oxygen atoms in total. The van der Waals surface area contributed by atoms with Crippen molar-refractivity contribution >= 4 is 5.91 Å². The van der Waals surface area contributed by atoms with Crippen LogP contribution < -0.4 is 5.32 Å². The van der Waals surface area contributed by atoms with Gasteiger partial charge in [0.05, 0.1) is 0 Å². The largest absolute Gasteiger partial charge is 0.348 e. The highest BCUT2D eigenvalue weighted by Crippen LogP contribution is 2.13. The van der Waals surface area contributed by atoms with Crippen molar-refractivity contribution < 1.29 is 9.18 Å². The molecule has 126 valence electrons. The van der Waals surface area contributed by atoms with Gasteiger partial charge in [0.15, 0.2) is 0 Å². The summed E-state index contributed by atoms with van der Waals surface area (Å²) in [5.74, 6) is -0.377. The molecule has 0 bridgehead atoms. The topological polar surface area (TPSA) is 32.3 Å². The number of halogens is 1. The molecule has 1 saturated heterocycles. The van der Waals surface area contributed by atoms with Gasteiger partial charge in [0.2, 0.25) is 0 Å². The fourth-order valence-electron chi connectivity index (χ4n) is 3.02. The highest BCUT2D eigenvalue weighted by atomic mass is 19.1. The normalized spacial score (nSPS) is 15.2.